The molecule has 5 heteroatoms. The van der Waals surface area contributed by atoms with Gasteiger partial charge in [-0.15, -0.1) is 0 Å². The normalized spacial score (nSPS) is 12.2. The van der Waals surface area contributed by atoms with E-state index in [1.54, 1.807) is 19.2 Å². The molecule has 0 saturated heterocycles. The first-order valence-electron chi connectivity index (χ1n) is 6.22. The van der Waals surface area contributed by atoms with Crippen LogP contribution in [0.3, 0.4) is 0 Å². The number of para-hydroxylation sites is 1. The summed E-state index contributed by atoms with van der Waals surface area (Å²) in [5, 5.41) is 10.9. The number of aliphatic hydroxyl groups excluding tert-OH is 1. The third-order valence-corrected chi connectivity index (χ3v) is 3.01. The van der Waals surface area contributed by atoms with Crippen LogP contribution in [0.5, 0.6) is 5.75 Å². The van der Waals surface area contributed by atoms with Crippen LogP contribution in [0.1, 0.15) is 17.4 Å². The zero-order valence-electron chi connectivity index (χ0n) is 11.1. The molecule has 0 saturated carbocycles. The van der Waals surface area contributed by atoms with Crippen LogP contribution in [-0.2, 0) is 4.74 Å². The number of aliphatic hydroxyl groups is 1. The minimum Gasteiger partial charge on any atom is -0.491 e. The predicted octanol–water partition coefficient (Wildman–Crippen LogP) is 2.84. The molecule has 2 aromatic rings. The molecule has 1 atom stereocenters. The summed E-state index contributed by atoms with van der Waals surface area (Å²) in [4.78, 5) is 4.13. The second-order valence-corrected chi connectivity index (χ2v) is 4.62. The van der Waals surface area contributed by atoms with Gasteiger partial charge in [0.25, 0.3) is 0 Å². The highest BCUT2D eigenvalue weighted by atomic mass is 35.5. The minimum absolute atomic E-state index is 0.425. The maximum atomic E-state index is 10.4. The number of hydrogen-bond acceptors (Lipinski definition) is 4. The van der Waals surface area contributed by atoms with Gasteiger partial charge in [-0.1, -0.05) is 29.8 Å². The SMILES string of the molecule is COCCOc1ccccc1C(O)c1ccc(Cl)cn1. The summed E-state index contributed by atoms with van der Waals surface area (Å²) in [5.74, 6) is 0.619. The van der Waals surface area contributed by atoms with Crippen molar-refractivity contribution in [2.45, 2.75) is 6.10 Å². The van der Waals surface area contributed by atoms with E-state index >= 15 is 0 Å². The highest BCUT2D eigenvalue weighted by molar-refractivity contribution is 6.30. The summed E-state index contributed by atoms with van der Waals surface area (Å²) in [6.45, 7) is 0.915. The Bertz CT molecular complexity index is 545. The molecule has 0 radical (unpaired) electrons. The molecule has 1 aromatic heterocycles. The molecule has 4 nitrogen and oxygen atoms in total. The van der Waals surface area contributed by atoms with E-state index in [4.69, 9.17) is 21.1 Å². The first kappa shape index (κ1) is 14.8. The Hall–Kier alpha value is -1.62. The number of benzene rings is 1. The summed E-state index contributed by atoms with van der Waals surface area (Å²) < 4.78 is 10.6. The van der Waals surface area contributed by atoms with Crippen molar-refractivity contribution in [3.63, 3.8) is 0 Å². The molecule has 2 rings (SSSR count). The van der Waals surface area contributed by atoms with Gasteiger partial charge in [0.1, 0.15) is 18.5 Å². The van der Waals surface area contributed by atoms with Crippen LogP contribution in [0.15, 0.2) is 42.6 Å². The zero-order valence-corrected chi connectivity index (χ0v) is 11.9. The van der Waals surface area contributed by atoms with E-state index in [-0.39, 0.29) is 0 Å². The van der Waals surface area contributed by atoms with Crippen LogP contribution in [0.2, 0.25) is 5.02 Å². The molecule has 0 aliphatic heterocycles. The van der Waals surface area contributed by atoms with Gasteiger partial charge in [0.2, 0.25) is 0 Å². The Balaban J connectivity index is 2.20. The lowest BCUT2D eigenvalue weighted by atomic mass is 10.0. The van der Waals surface area contributed by atoms with Crippen LogP contribution < -0.4 is 4.74 Å². The molecule has 0 aliphatic carbocycles. The number of ether oxygens (including phenoxy) is 2. The summed E-state index contributed by atoms with van der Waals surface area (Å²) in [5.41, 5.74) is 1.19. The molecule has 0 fully saturated rings. The maximum absolute atomic E-state index is 10.4. The van der Waals surface area contributed by atoms with Crippen molar-refractivity contribution in [1.82, 2.24) is 4.98 Å². The van der Waals surface area contributed by atoms with Gasteiger partial charge in [0.05, 0.1) is 17.3 Å². The topological polar surface area (TPSA) is 51.6 Å². The molecule has 106 valence electrons. The largest absolute Gasteiger partial charge is 0.491 e. The first-order valence-corrected chi connectivity index (χ1v) is 6.60. The van der Waals surface area contributed by atoms with Gasteiger partial charge in [-0.25, -0.2) is 0 Å². The van der Waals surface area contributed by atoms with E-state index in [1.807, 2.05) is 24.3 Å². The lowest BCUT2D eigenvalue weighted by Gasteiger charge is -2.15. The highest BCUT2D eigenvalue weighted by Crippen LogP contribution is 2.29. The van der Waals surface area contributed by atoms with Crippen LogP contribution in [0.4, 0.5) is 0 Å². The summed E-state index contributed by atoms with van der Waals surface area (Å²) in [6.07, 6.45) is 0.653. The standard InChI is InChI=1S/C15H16ClNO3/c1-19-8-9-20-14-5-3-2-4-12(14)15(18)13-7-6-11(16)10-17-13/h2-7,10,15,18H,8-9H2,1H3. The molecule has 1 unspecified atom stereocenters. The van der Waals surface area contributed by atoms with Crippen molar-refractivity contribution in [2.75, 3.05) is 20.3 Å². The van der Waals surface area contributed by atoms with Crippen molar-refractivity contribution >= 4 is 11.6 Å². The number of hydrogen-bond donors (Lipinski definition) is 1. The first-order chi connectivity index (χ1) is 9.72. The van der Waals surface area contributed by atoms with E-state index < -0.39 is 6.10 Å². The van der Waals surface area contributed by atoms with Crippen molar-refractivity contribution in [2.24, 2.45) is 0 Å². The third kappa shape index (κ3) is 3.70. The number of halogens is 1. The van der Waals surface area contributed by atoms with E-state index in [0.29, 0.717) is 35.2 Å². The summed E-state index contributed by atoms with van der Waals surface area (Å²) in [6, 6.07) is 10.7. The van der Waals surface area contributed by atoms with Gasteiger partial charge >= 0.3 is 0 Å². The van der Waals surface area contributed by atoms with Crippen LogP contribution >= 0.6 is 11.6 Å². The predicted molar refractivity (Wildman–Crippen MR) is 77.1 cm³/mol. The lowest BCUT2D eigenvalue weighted by Crippen LogP contribution is -2.09. The van der Waals surface area contributed by atoms with Crippen LogP contribution in [0, 0.1) is 0 Å². The number of nitrogens with zero attached hydrogens (tertiary/aromatic N) is 1. The van der Waals surface area contributed by atoms with Gasteiger partial charge in [0, 0.05) is 18.9 Å². The Morgan fingerprint density at radius 1 is 1.20 bits per heavy atom. The molecule has 1 aromatic carbocycles. The number of methoxy groups -OCH3 is 1. The molecule has 0 amide bonds. The van der Waals surface area contributed by atoms with Crippen LogP contribution in [0.25, 0.3) is 0 Å². The second-order valence-electron chi connectivity index (χ2n) is 4.18. The van der Waals surface area contributed by atoms with Gasteiger partial charge in [-0.05, 0) is 18.2 Å². The Labute approximate surface area is 122 Å². The van der Waals surface area contributed by atoms with Gasteiger partial charge in [0.15, 0.2) is 0 Å². The average molecular weight is 294 g/mol. The molecule has 1 heterocycles. The smallest absolute Gasteiger partial charge is 0.125 e. The summed E-state index contributed by atoms with van der Waals surface area (Å²) in [7, 11) is 1.61. The van der Waals surface area contributed by atoms with Crippen molar-refractivity contribution in [3.8, 4) is 5.75 Å². The fraction of sp³-hybridized carbons (Fsp3) is 0.267. The second kappa shape index (κ2) is 7.24. The molecule has 1 N–H and O–H groups in total. The highest BCUT2D eigenvalue weighted by Gasteiger charge is 2.16. The summed E-state index contributed by atoms with van der Waals surface area (Å²) >= 11 is 5.80. The monoisotopic (exact) mass is 293 g/mol. The van der Waals surface area contributed by atoms with Crippen molar-refractivity contribution in [1.29, 1.82) is 0 Å². The molecular weight excluding hydrogens is 278 g/mol. The van der Waals surface area contributed by atoms with E-state index in [2.05, 4.69) is 4.98 Å². The zero-order chi connectivity index (χ0) is 14.4. The Kier molecular flexibility index (Phi) is 5.35. The Morgan fingerprint density at radius 2 is 2.00 bits per heavy atom. The van der Waals surface area contributed by atoms with E-state index in [1.165, 1.54) is 6.20 Å². The molecule has 0 bridgehead atoms. The quantitative estimate of drug-likeness (QED) is 0.832. The minimum atomic E-state index is -0.856. The van der Waals surface area contributed by atoms with E-state index in [9.17, 15) is 5.11 Å². The molecule has 0 spiro atoms. The Morgan fingerprint density at radius 3 is 2.70 bits per heavy atom. The fourth-order valence-corrected chi connectivity index (χ4v) is 1.89. The maximum Gasteiger partial charge on any atom is 0.125 e. The average Bonchev–Trinajstić information content (AvgIpc) is 2.48. The fourth-order valence-electron chi connectivity index (χ4n) is 1.78. The molecule has 0 aliphatic rings. The number of rotatable bonds is 6. The third-order valence-electron chi connectivity index (χ3n) is 2.79. The molecular formula is C15H16ClNO3. The van der Waals surface area contributed by atoms with Gasteiger partial charge in [-0.3, -0.25) is 4.98 Å². The van der Waals surface area contributed by atoms with E-state index in [0.717, 1.165) is 0 Å². The van der Waals surface area contributed by atoms with Gasteiger partial charge in [-0.2, -0.15) is 0 Å². The van der Waals surface area contributed by atoms with Crippen molar-refractivity contribution < 1.29 is 14.6 Å². The number of pyridine rings is 1. The number of aromatic nitrogens is 1. The van der Waals surface area contributed by atoms with Crippen molar-refractivity contribution in [3.05, 3.63) is 58.9 Å². The van der Waals surface area contributed by atoms with Gasteiger partial charge < -0.3 is 14.6 Å². The van der Waals surface area contributed by atoms with Crippen LogP contribution in [-0.4, -0.2) is 30.4 Å². The molecule has 20 heavy (non-hydrogen) atoms. The lowest BCUT2D eigenvalue weighted by molar-refractivity contribution is 0.142.